The van der Waals surface area contributed by atoms with Crippen LogP contribution in [0.3, 0.4) is 0 Å². The summed E-state index contributed by atoms with van der Waals surface area (Å²) in [5.41, 5.74) is 4.26. The van der Waals surface area contributed by atoms with E-state index in [2.05, 4.69) is 61.4 Å². The maximum absolute atomic E-state index is 3.47. The second-order valence-corrected chi connectivity index (χ2v) is 7.31. The Bertz CT molecular complexity index is 550. The SMILES string of the molecule is CNC(c1cccc(C)c1)c1cc2c(s1)CCSC2. The van der Waals surface area contributed by atoms with Gasteiger partial charge in [-0.1, -0.05) is 29.8 Å². The van der Waals surface area contributed by atoms with Gasteiger partial charge in [-0.3, -0.25) is 0 Å². The quantitative estimate of drug-likeness (QED) is 0.911. The molecule has 1 aliphatic heterocycles. The molecule has 0 amide bonds. The zero-order valence-corrected chi connectivity index (χ0v) is 13.0. The standard InChI is InChI=1S/C16H19NS2/c1-11-4-3-5-12(8-11)16(17-2)15-9-13-10-18-7-6-14(13)19-15/h3-5,8-9,16-17H,6-7,10H2,1-2H3. The van der Waals surface area contributed by atoms with Crippen LogP contribution < -0.4 is 5.32 Å². The number of aryl methyl sites for hydroxylation is 2. The molecule has 1 N–H and O–H groups in total. The molecule has 1 aromatic carbocycles. The molecule has 0 saturated heterocycles. The number of fused-ring (bicyclic) bond motifs is 1. The normalized spacial score (nSPS) is 16.1. The van der Waals surface area contributed by atoms with E-state index in [-0.39, 0.29) is 0 Å². The summed E-state index contributed by atoms with van der Waals surface area (Å²) in [4.78, 5) is 3.06. The Morgan fingerprint density at radius 3 is 2.89 bits per heavy atom. The Hall–Kier alpha value is -0.770. The molecule has 2 heterocycles. The van der Waals surface area contributed by atoms with Gasteiger partial charge in [0, 0.05) is 15.5 Å². The smallest absolute Gasteiger partial charge is 0.0668 e. The van der Waals surface area contributed by atoms with E-state index in [0.717, 1.165) is 0 Å². The van der Waals surface area contributed by atoms with Crippen LogP contribution in [-0.4, -0.2) is 12.8 Å². The molecule has 0 fully saturated rings. The van der Waals surface area contributed by atoms with Crippen molar-refractivity contribution in [3.63, 3.8) is 0 Å². The molecule has 1 nitrogen and oxygen atoms in total. The number of thiophene rings is 1. The fourth-order valence-corrected chi connectivity index (χ4v) is 5.15. The highest BCUT2D eigenvalue weighted by Gasteiger charge is 2.19. The van der Waals surface area contributed by atoms with Gasteiger partial charge >= 0.3 is 0 Å². The van der Waals surface area contributed by atoms with E-state index < -0.39 is 0 Å². The number of rotatable bonds is 3. The van der Waals surface area contributed by atoms with Gasteiger partial charge in [0.05, 0.1) is 6.04 Å². The highest BCUT2D eigenvalue weighted by molar-refractivity contribution is 7.98. The molecule has 0 bridgehead atoms. The van der Waals surface area contributed by atoms with E-state index in [9.17, 15) is 0 Å². The van der Waals surface area contributed by atoms with Crippen LogP contribution >= 0.6 is 23.1 Å². The highest BCUT2D eigenvalue weighted by Crippen LogP contribution is 2.36. The molecule has 0 radical (unpaired) electrons. The van der Waals surface area contributed by atoms with Gasteiger partial charge in [-0.25, -0.2) is 0 Å². The number of benzene rings is 1. The molecule has 19 heavy (non-hydrogen) atoms. The van der Waals surface area contributed by atoms with Crippen molar-refractivity contribution >= 4 is 23.1 Å². The van der Waals surface area contributed by atoms with Gasteiger partial charge in [0.1, 0.15) is 0 Å². The predicted octanol–water partition coefficient (Wildman–Crippen LogP) is 4.15. The molecule has 1 atom stereocenters. The number of hydrogen-bond acceptors (Lipinski definition) is 3. The summed E-state index contributed by atoms with van der Waals surface area (Å²) < 4.78 is 0. The fourth-order valence-electron chi connectivity index (χ4n) is 2.64. The van der Waals surface area contributed by atoms with Crippen LogP contribution in [0.2, 0.25) is 0 Å². The maximum Gasteiger partial charge on any atom is 0.0668 e. The minimum Gasteiger partial charge on any atom is -0.309 e. The third-order valence-corrected chi connectivity index (χ3v) is 5.91. The van der Waals surface area contributed by atoms with Crippen molar-refractivity contribution in [1.29, 1.82) is 0 Å². The third-order valence-electron chi connectivity index (χ3n) is 3.60. The maximum atomic E-state index is 3.47. The topological polar surface area (TPSA) is 12.0 Å². The molecular weight excluding hydrogens is 270 g/mol. The first-order valence-electron chi connectivity index (χ1n) is 6.71. The van der Waals surface area contributed by atoms with Crippen molar-refractivity contribution in [2.75, 3.05) is 12.8 Å². The fraction of sp³-hybridized carbons (Fsp3) is 0.375. The zero-order chi connectivity index (χ0) is 13.2. The molecule has 1 unspecified atom stereocenters. The second-order valence-electron chi connectivity index (χ2n) is 5.04. The first-order valence-corrected chi connectivity index (χ1v) is 8.68. The lowest BCUT2D eigenvalue weighted by molar-refractivity contribution is 0.703. The summed E-state index contributed by atoms with van der Waals surface area (Å²) in [7, 11) is 2.06. The van der Waals surface area contributed by atoms with Crippen LogP contribution in [-0.2, 0) is 12.2 Å². The minimum absolute atomic E-state index is 0.334. The van der Waals surface area contributed by atoms with Crippen molar-refractivity contribution in [2.45, 2.75) is 25.1 Å². The van der Waals surface area contributed by atoms with Gasteiger partial charge in [0.25, 0.3) is 0 Å². The Morgan fingerprint density at radius 1 is 1.26 bits per heavy atom. The minimum atomic E-state index is 0.334. The van der Waals surface area contributed by atoms with Crippen LogP contribution in [0.25, 0.3) is 0 Å². The molecular formula is C16H19NS2. The first-order chi connectivity index (χ1) is 9.28. The van der Waals surface area contributed by atoms with Crippen LogP contribution in [0.5, 0.6) is 0 Å². The van der Waals surface area contributed by atoms with Crippen LogP contribution in [0, 0.1) is 6.92 Å². The van der Waals surface area contributed by atoms with E-state index in [1.807, 2.05) is 11.3 Å². The molecule has 0 aliphatic carbocycles. The molecule has 0 spiro atoms. The lowest BCUT2D eigenvalue weighted by Gasteiger charge is -2.15. The van der Waals surface area contributed by atoms with E-state index in [4.69, 9.17) is 0 Å². The Morgan fingerprint density at radius 2 is 2.16 bits per heavy atom. The van der Waals surface area contributed by atoms with E-state index in [1.165, 1.54) is 33.9 Å². The molecule has 100 valence electrons. The average Bonchev–Trinajstić information content (AvgIpc) is 2.83. The van der Waals surface area contributed by atoms with Gasteiger partial charge in [-0.2, -0.15) is 11.8 Å². The number of hydrogen-bond donors (Lipinski definition) is 1. The van der Waals surface area contributed by atoms with Crippen molar-refractivity contribution in [3.05, 3.63) is 56.8 Å². The van der Waals surface area contributed by atoms with Crippen LogP contribution in [0.1, 0.15) is 32.5 Å². The van der Waals surface area contributed by atoms with E-state index in [0.29, 0.717) is 6.04 Å². The van der Waals surface area contributed by atoms with E-state index >= 15 is 0 Å². The van der Waals surface area contributed by atoms with E-state index in [1.54, 1.807) is 10.4 Å². The van der Waals surface area contributed by atoms with Gasteiger partial charge in [-0.15, -0.1) is 11.3 Å². The summed E-state index contributed by atoms with van der Waals surface area (Å²) in [6, 6.07) is 11.6. The van der Waals surface area contributed by atoms with Gasteiger partial charge in [0.15, 0.2) is 0 Å². The zero-order valence-electron chi connectivity index (χ0n) is 11.4. The third kappa shape index (κ3) is 2.73. The van der Waals surface area contributed by atoms with Crippen molar-refractivity contribution < 1.29 is 0 Å². The number of nitrogens with one attached hydrogen (secondary N) is 1. The molecule has 3 rings (SSSR count). The monoisotopic (exact) mass is 289 g/mol. The molecule has 2 aromatic rings. The van der Waals surface area contributed by atoms with Crippen molar-refractivity contribution in [1.82, 2.24) is 5.32 Å². The molecule has 3 heteroatoms. The number of thioether (sulfide) groups is 1. The Balaban J connectivity index is 1.96. The summed E-state index contributed by atoms with van der Waals surface area (Å²) in [6.45, 7) is 2.16. The lowest BCUT2D eigenvalue weighted by atomic mass is 10.0. The first kappa shape index (κ1) is 13.2. The Kier molecular flexibility index (Phi) is 3.96. The van der Waals surface area contributed by atoms with Gasteiger partial charge in [0.2, 0.25) is 0 Å². The van der Waals surface area contributed by atoms with Gasteiger partial charge in [-0.05, 0) is 43.3 Å². The Labute approximate surface area is 123 Å². The summed E-state index contributed by atoms with van der Waals surface area (Å²) in [5, 5.41) is 3.47. The average molecular weight is 289 g/mol. The largest absolute Gasteiger partial charge is 0.309 e. The van der Waals surface area contributed by atoms with Crippen molar-refractivity contribution in [2.24, 2.45) is 0 Å². The van der Waals surface area contributed by atoms with Crippen molar-refractivity contribution in [3.8, 4) is 0 Å². The summed E-state index contributed by atoms with van der Waals surface area (Å²) in [6.07, 6.45) is 1.24. The highest BCUT2D eigenvalue weighted by atomic mass is 32.2. The molecule has 1 aromatic heterocycles. The summed E-state index contributed by atoms with van der Waals surface area (Å²) in [5.74, 6) is 2.47. The second kappa shape index (κ2) is 5.70. The van der Waals surface area contributed by atoms with Gasteiger partial charge < -0.3 is 5.32 Å². The lowest BCUT2D eigenvalue weighted by Crippen LogP contribution is -2.16. The van der Waals surface area contributed by atoms with Crippen LogP contribution in [0.4, 0.5) is 0 Å². The predicted molar refractivity (Wildman–Crippen MR) is 86.3 cm³/mol. The summed E-state index contributed by atoms with van der Waals surface area (Å²) >= 11 is 4.05. The molecule has 0 saturated carbocycles. The molecule has 1 aliphatic rings. The van der Waals surface area contributed by atoms with Crippen LogP contribution in [0.15, 0.2) is 30.3 Å².